The Balaban J connectivity index is 1.45. The molecule has 0 aromatic heterocycles. The van der Waals surface area contributed by atoms with Gasteiger partial charge in [-0.2, -0.15) is 5.06 Å². The first kappa shape index (κ1) is 22.4. The van der Waals surface area contributed by atoms with Gasteiger partial charge in [0.05, 0.1) is 12.6 Å². The van der Waals surface area contributed by atoms with E-state index in [2.05, 4.69) is 4.72 Å². The highest BCUT2D eigenvalue weighted by atomic mass is 32.2. The van der Waals surface area contributed by atoms with Crippen molar-refractivity contribution in [3.63, 3.8) is 0 Å². The molecule has 1 fully saturated rings. The van der Waals surface area contributed by atoms with E-state index in [4.69, 9.17) is 9.57 Å². The third kappa shape index (κ3) is 5.16. The summed E-state index contributed by atoms with van der Waals surface area (Å²) in [6.07, 6.45) is 0. The Morgan fingerprint density at radius 1 is 1.03 bits per heavy atom. The van der Waals surface area contributed by atoms with Gasteiger partial charge in [0.25, 0.3) is 0 Å². The Hall–Kier alpha value is -2.78. The number of hydroxylamine groups is 2. The van der Waals surface area contributed by atoms with Crippen LogP contribution in [0.4, 0.5) is 4.39 Å². The van der Waals surface area contributed by atoms with E-state index < -0.39 is 27.1 Å². The molecule has 1 heterocycles. The van der Waals surface area contributed by atoms with E-state index >= 15 is 0 Å². The molecule has 1 saturated heterocycles. The summed E-state index contributed by atoms with van der Waals surface area (Å²) in [5, 5.41) is 0.711. The zero-order valence-electron chi connectivity index (χ0n) is 17.6. The van der Waals surface area contributed by atoms with Crippen molar-refractivity contribution in [3.8, 4) is 5.75 Å². The molecule has 168 valence electrons. The van der Waals surface area contributed by atoms with Gasteiger partial charge in [-0.05, 0) is 29.3 Å². The van der Waals surface area contributed by atoms with Crippen LogP contribution >= 0.6 is 0 Å². The Labute approximate surface area is 187 Å². The fourth-order valence-electron chi connectivity index (χ4n) is 3.71. The van der Waals surface area contributed by atoms with Crippen LogP contribution in [0, 0.1) is 5.82 Å². The highest BCUT2D eigenvalue weighted by Gasteiger charge is 2.43. The van der Waals surface area contributed by atoms with Gasteiger partial charge < -0.3 is 4.74 Å². The normalized spacial score (nSPS) is 19.2. The number of sulfonamides is 1. The second-order valence-electron chi connectivity index (χ2n) is 7.63. The van der Waals surface area contributed by atoms with Crippen LogP contribution in [0.2, 0.25) is 0 Å². The van der Waals surface area contributed by atoms with Crippen molar-refractivity contribution < 1.29 is 22.4 Å². The molecule has 0 bridgehead atoms. The predicted molar refractivity (Wildman–Crippen MR) is 120 cm³/mol. The fourth-order valence-corrected chi connectivity index (χ4v) is 5.19. The lowest BCUT2D eigenvalue weighted by molar-refractivity contribution is -0.110. The van der Waals surface area contributed by atoms with Gasteiger partial charge in [-0.25, -0.2) is 17.5 Å². The summed E-state index contributed by atoms with van der Waals surface area (Å²) < 4.78 is 48.2. The van der Waals surface area contributed by atoms with E-state index in [0.29, 0.717) is 17.9 Å². The molecule has 0 unspecified atom stereocenters. The molecule has 1 N–H and O–H groups in total. The van der Waals surface area contributed by atoms with Crippen molar-refractivity contribution in [1.29, 1.82) is 0 Å². The lowest BCUT2D eigenvalue weighted by Crippen LogP contribution is -2.39. The molecule has 32 heavy (non-hydrogen) atoms. The van der Waals surface area contributed by atoms with Gasteiger partial charge in [-0.15, -0.1) is 0 Å². The second kappa shape index (κ2) is 9.79. The highest BCUT2D eigenvalue weighted by molar-refractivity contribution is 7.90. The molecule has 3 aromatic rings. The Morgan fingerprint density at radius 3 is 2.44 bits per heavy atom. The number of halogens is 1. The van der Waals surface area contributed by atoms with E-state index in [1.165, 1.54) is 6.07 Å². The van der Waals surface area contributed by atoms with E-state index in [-0.39, 0.29) is 13.2 Å². The number of hydrogen-bond acceptors (Lipinski definition) is 5. The van der Waals surface area contributed by atoms with Crippen LogP contribution < -0.4 is 9.46 Å². The smallest absolute Gasteiger partial charge is 0.219 e. The molecule has 0 aliphatic carbocycles. The van der Waals surface area contributed by atoms with E-state index in [1.807, 2.05) is 54.6 Å². The minimum atomic E-state index is -3.78. The summed E-state index contributed by atoms with van der Waals surface area (Å²) in [6.45, 7) is 0.345. The Bertz CT molecular complexity index is 1140. The number of nitrogens with one attached hydrogen (secondary N) is 1. The maximum Gasteiger partial charge on any atom is 0.219 e. The lowest BCUT2D eigenvalue weighted by atomic mass is 10.0. The first-order valence-electron chi connectivity index (χ1n) is 10.3. The fraction of sp³-hybridized carbons (Fsp3) is 0.250. The van der Waals surface area contributed by atoms with E-state index in [0.717, 1.165) is 11.1 Å². The highest BCUT2D eigenvalue weighted by Crippen LogP contribution is 2.34. The van der Waals surface area contributed by atoms with Crippen LogP contribution in [0.3, 0.4) is 0 Å². The van der Waals surface area contributed by atoms with Gasteiger partial charge in [-0.1, -0.05) is 60.7 Å². The summed E-state index contributed by atoms with van der Waals surface area (Å²) in [5.41, 5.74) is 2.14. The minimum Gasteiger partial charge on any atom is -0.489 e. The van der Waals surface area contributed by atoms with Crippen LogP contribution in [0.1, 0.15) is 22.7 Å². The molecule has 6 nitrogen and oxygen atoms in total. The number of benzene rings is 3. The van der Waals surface area contributed by atoms with Gasteiger partial charge in [0.1, 0.15) is 23.4 Å². The first-order valence-corrected chi connectivity index (χ1v) is 11.8. The van der Waals surface area contributed by atoms with E-state index in [9.17, 15) is 12.8 Å². The lowest BCUT2D eigenvalue weighted by Gasteiger charge is -2.23. The number of hydrogen-bond donors (Lipinski definition) is 1. The molecule has 0 spiro atoms. The number of ether oxygens (including phenoxy) is 1. The summed E-state index contributed by atoms with van der Waals surface area (Å²) in [5.74, 6) is 0.244. The van der Waals surface area contributed by atoms with Crippen molar-refractivity contribution in [1.82, 2.24) is 9.79 Å². The summed E-state index contributed by atoms with van der Waals surface area (Å²) in [7, 11) is -2.07. The summed E-state index contributed by atoms with van der Waals surface area (Å²) >= 11 is 0. The van der Waals surface area contributed by atoms with Crippen LogP contribution in [-0.2, 0) is 28.0 Å². The molecular weight excluding hydrogens is 431 g/mol. The number of nitrogens with zero attached hydrogens (tertiary/aromatic N) is 1. The molecule has 0 saturated carbocycles. The average Bonchev–Trinajstić information content (AvgIpc) is 3.20. The molecule has 2 atom stereocenters. The Kier molecular flexibility index (Phi) is 6.86. The topological polar surface area (TPSA) is 67.9 Å². The zero-order valence-corrected chi connectivity index (χ0v) is 18.5. The number of rotatable bonds is 8. The van der Waals surface area contributed by atoms with E-state index in [1.54, 1.807) is 30.3 Å². The van der Waals surface area contributed by atoms with Gasteiger partial charge in [-0.3, -0.25) is 4.84 Å². The van der Waals surface area contributed by atoms with Crippen molar-refractivity contribution >= 4 is 10.0 Å². The largest absolute Gasteiger partial charge is 0.489 e. The van der Waals surface area contributed by atoms with Gasteiger partial charge in [0, 0.05) is 19.2 Å². The zero-order chi connectivity index (χ0) is 22.6. The predicted octanol–water partition coefficient (Wildman–Crippen LogP) is 3.81. The van der Waals surface area contributed by atoms with Crippen LogP contribution in [0.25, 0.3) is 0 Å². The van der Waals surface area contributed by atoms with Gasteiger partial charge in [0.15, 0.2) is 0 Å². The molecule has 0 radical (unpaired) electrons. The summed E-state index contributed by atoms with van der Waals surface area (Å²) in [6, 6.07) is 22.8. The van der Waals surface area contributed by atoms with Crippen molar-refractivity contribution in [3.05, 3.63) is 101 Å². The molecule has 3 aromatic carbocycles. The van der Waals surface area contributed by atoms with Crippen LogP contribution in [0.15, 0.2) is 78.9 Å². The molecule has 8 heteroatoms. The molecular formula is C24H25FN2O4S. The standard InChI is InChI=1S/C24H25FN2O4S/c1-27-24(19-11-13-21(14-12-19)30-16-18-7-3-2-4-8-18)23(17-31-27)32(28,29)26-15-20-9-5-6-10-22(20)25/h2-14,23-24,26H,15-17H2,1H3/t23-,24-/m0/s1. The quantitative estimate of drug-likeness (QED) is 0.558. The van der Waals surface area contributed by atoms with Crippen molar-refractivity contribution in [2.45, 2.75) is 24.4 Å². The minimum absolute atomic E-state index is 0.0139. The van der Waals surface area contributed by atoms with Crippen molar-refractivity contribution in [2.75, 3.05) is 13.7 Å². The third-order valence-electron chi connectivity index (χ3n) is 5.48. The first-order chi connectivity index (χ1) is 15.4. The maximum absolute atomic E-state index is 13.9. The second-order valence-corrected chi connectivity index (χ2v) is 9.61. The average molecular weight is 457 g/mol. The van der Waals surface area contributed by atoms with Gasteiger partial charge in [0.2, 0.25) is 10.0 Å². The monoisotopic (exact) mass is 456 g/mol. The Morgan fingerprint density at radius 2 is 1.72 bits per heavy atom. The van der Waals surface area contributed by atoms with Crippen LogP contribution in [0.5, 0.6) is 5.75 Å². The maximum atomic E-state index is 13.9. The van der Waals surface area contributed by atoms with Crippen molar-refractivity contribution in [2.24, 2.45) is 0 Å². The summed E-state index contributed by atoms with van der Waals surface area (Å²) in [4.78, 5) is 5.54. The molecule has 1 aliphatic rings. The SMILES string of the molecule is CN1OC[C@H](S(=O)(=O)NCc2ccccc2F)[C@@H]1c1ccc(OCc2ccccc2)cc1. The third-order valence-corrected chi connectivity index (χ3v) is 7.21. The molecule has 0 amide bonds. The van der Waals surface area contributed by atoms with Gasteiger partial charge >= 0.3 is 0 Å². The molecule has 4 rings (SSSR count). The van der Waals surface area contributed by atoms with Crippen LogP contribution in [-0.4, -0.2) is 32.4 Å². The molecule has 1 aliphatic heterocycles.